The smallest absolute Gasteiger partial charge is 0.146 e. The zero-order valence-electron chi connectivity index (χ0n) is 9.55. The SMILES string of the molecule is CCCOCCC(O)c1c(F)ccc(Br)c1F. The van der Waals surface area contributed by atoms with Gasteiger partial charge < -0.3 is 9.84 Å². The second-order valence-corrected chi connectivity index (χ2v) is 4.53. The van der Waals surface area contributed by atoms with Crippen molar-refractivity contribution in [1.82, 2.24) is 0 Å². The molecule has 0 aliphatic heterocycles. The van der Waals surface area contributed by atoms with Crippen LogP contribution in [0.5, 0.6) is 0 Å². The van der Waals surface area contributed by atoms with Gasteiger partial charge in [-0.2, -0.15) is 0 Å². The van der Waals surface area contributed by atoms with Gasteiger partial charge in [-0.3, -0.25) is 0 Å². The maximum absolute atomic E-state index is 13.6. The Labute approximate surface area is 108 Å². The molecule has 1 aromatic rings. The fourth-order valence-electron chi connectivity index (χ4n) is 1.43. The third-order valence-corrected chi connectivity index (χ3v) is 2.91. The molecule has 1 N–H and O–H groups in total. The summed E-state index contributed by atoms with van der Waals surface area (Å²) < 4.78 is 32.3. The average Bonchev–Trinajstić information content (AvgIpc) is 2.30. The van der Waals surface area contributed by atoms with Crippen LogP contribution in [-0.4, -0.2) is 18.3 Å². The Kier molecular flexibility index (Phi) is 6.02. The summed E-state index contributed by atoms with van der Waals surface area (Å²) in [6.07, 6.45) is -0.149. The van der Waals surface area contributed by atoms with Crippen LogP contribution in [0.15, 0.2) is 16.6 Å². The molecule has 0 heterocycles. The van der Waals surface area contributed by atoms with Gasteiger partial charge in [0.05, 0.1) is 16.1 Å². The highest BCUT2D eigenvalue weighted by molar-refractivity contribution is 9.10. The van der Waals surface area contributed by atoms with Gasteiger partial charge in [0.2, 0.25) is 0 Å². The predicted molar refractivity (Wildman–Crippen MR) is 64.7 cm³/mol. The number of hydrogen-bond acceptors (Lipinski definition) is 2. The second-order valence-electron chi connectivity index (χ2n) is 3.67. The highest BCUT2D eigenvalue weighted by Gasteiger charge is 2.19. The van der Waals surface area contributed by atoms with Crippen LogP contribution >= 0.6 is 15.9 Å². The van der Waals surface area contributed by atoms with Crippen molar-refractivity contribution in [2.75, 3.05) is 13.2 Å². The van der Waals surface area contributed by atoms with E-state index in [0.717, 1.165) is 12.5 Å². The third-order valence-electron chi connectivity index (χ3n) is 2.30. The maximum Gasteiger partial charge on any atom is 0.146 e. The van der Waals surface area contributed by atoms with Gasteiger partial charge in [-0.15, -0.1) is 0 Å². The lowest BCUT2D eigenvalue weighted by molar-refractivity contribution is 0.0788. The molecule has 1 rings (SSSR count). The minimum absolute atomic E-state index is 0.141. The van der Waals surface area contributed by atoms with Crippen molar-refractivity contribution < 1.29 is 18.6 Å². The van der Waals surface area contributed by atoms with Crippen molar-refractivity contribution >= 4 is 15.9 Å². The van der Waals surface area contributed by atoms with Crippen LogP contribution < -0.4 is 0 Å². The average molecular weight is 309 g/mol. The molecule has 0 aliphatic rings. The highest BCUT2D eigenvalue weighted by Crippen LogP contribution is 2.28. The standard InChI is InChI=1S/C12H15BrF2O2/c1-2-6-17-7-5-10(16)11-9(14)4-3-8(13)12(11)15/h3-4,10,16H,2,5-7H2,1H3. The van der Waals surface area contributed by atoms with Crippen molar-refractivity contribution in [3.05, 3.63) is 33.8 Å². The molecule has 0 saturated heterocycles. The Hall–Kier alpha value is -0.520. The van der Waals surface area contributed by atoms with Gasteiger partial charge in [0.15, 0.2) is 0 Å². The first kappa shape index (κ1) is 14.5. The second kappa shape index (κ2) is 7.03. The predicted octanol–water partition coefficient (Wildman–Crippen LogP) is 3.58. The molecule has 1 atom stereocenters. The molecule has 1 unspecified atom stereocenters. The first-order valence-electron chi connectivity index (χ1n) is 5.47. The van der Waals surface area contributed by atoms with E-state index in [1.54, 1.807) is 0 Å². The number of aliphatic hydroxyl groups excluding tert-OH is 1. The number of hydrogen-bond donors (Lipinski definition) is 1. The summed E-state index contributed by atoms with van der Waals surface area (Å²) in [7, 11) is 0. The number of aliphatic hydroxyl groups is 1. The molecule has 0 aromatic heterocycles. The Morgan fingerprint density at radius 2 is 2.06 bits per heavy atom. The largest absolute Gasteiger partial charge is 0.388 e. The molecule has 17 heavy (non-hydrogen) atoms. The summed E-state index contributed by atoms with van der Waals surface area (Å²) in [5.41, 5.74) is -0.306. The summed E-state index contributed by atoms with van der Waals surface area (Å²) in [5.74, 6) is -1.50. The first-order valence-corrected chi connectivity index (χ1v) is 6.26. The van der Waals surface area contributed by atoms with Gasteiger partial charge >= 0.3 is 0 Å². The normalized spacial score (nSPS) is 12.8. The molecule has 1 aromatic carbocycles. The molecule has 0 spiro atoms. The molecule has 0 aliphatic carbocycles. The van der Waals surface area contributed by atoms with E-state index in [-0.39, 0.29) is 23.1 Å². The molecule has 0 amide bonds. The zero-order valence-corrected chi connectivity index (χ0v) is 11.1. The number of halogens is 3. The molecule has 96 valence electrons. The van der Waals surface area contributed by atoms with Gasteiger partial charge in [-0.25, -0.2) is 8.78 Å². The van der Waals surface area contributed by atoms with Crippen LogP contribution in [0.25, 0.3) is 0 Å². The van der Waals surface area contributed by atoms with E-state index < -0.39 is 17.7 Å². The number of ether oxygens (including phenoxy) is 1. The van der Waals surface area contributed by atoms with Crippen LogP contribution in [0.1, 0.15) is 31.4 Å². The van der Waals surface area contributed by atoms with Crippen LogP contribution in [0.2, 0.25) is 0 Å². The molecular weight excluding hydrogens is 294 g/mol. The van der Waals surface area contributed by atoms with E-state index in [1.165, 1.54) is 6.07 Å². The molecule has 0 fully saturated rings. The van der Waals surface area contributed by atoms with E-state index in [1.807, 2.05) is 6.92 Å². The Bertz CT molecular complexity index is 372. The lowest BCUT2D eigenvalue weighted by Crippen LogP contribution is -2.08. The van der Waals surface area contributed by atoms with Crippen LogP contribution in [0, 0.1) is 11.6 Å². The van der Waals surface area contributed by atoms with Crippen molar-refractivity contribution in [3.8, 4) is 0 Å². The van der Waals surface area contributed by atoms with E-state index in [9.17, 15) is 13.9 Å². The molecule has 0 saturated carbocycles. The van der Waals surface area contributed by atoms with E-state index in [0.29, 0.717) is 6.61 Å². The van der Waals surface area contributed by atoms with Gasteiger partial charge in [0.25, 0.3) is 0 Å². The summed E-state index contributed by atoms with van der Waals surface area (Å²) in [4.78, 5) is 0. The Morgan fingerprint density at radius 1 is 1.35 bits per heavy atom. The molecular formula is C12H15BrF2O2. The number of benzene rings is 1. The van der Waals surface area contributed by atoms with Crippen LogP contribution in [-0.2, 0) is 4.74 Å². The lowest BCUT2D eigenvalue weighted by Gasteiger charge is -2.13. The maximum atomic E-state index is 13.6. The van der Waals surface area contributed by atoms with Gasteiger partial charge in [-0.05, 0) is 34.5 Å². The Balaban J connectivity index is 2.68. The summed E-state index contributed by atoms with van der Waals surface area (Å²) in [6, 6.07) is 2.40. The van der Waals surface area contributed by atoms with Gasteiger partial charge in [0.1, 0.15) is 11.6 Å². The monoisotopic (exact) mass is 308 g/mol. The first-order chi connectivity index (χ1) is 8.07. The zero-order chi connectivity index (χ0) is 12.8. The highest BCUT2D eigenvalue weighted by atomic mass is 79.9. The summed E-state index contributed by atoms with van der Waals surface area (Å²) in [6.45, 7) is 2.82. The van der Waals surface area contributed by atoms with Gasteiger partial charge in [0, 0.05) is 19.6 Å². The topological polar surface area (TPSA) is 29.5 Å². The third kappa shape index (κ3) is 4.01. The fraction of sp³-hybridized carbons (Fsp3) is 0.500. The minimum atomic E-state index is -1.19. The minimum Gasteiger partial charge on any atom is -0.388 e. The van der Waals surface area contributed by atoms with Crippen molar-refractivity contribution in [1.29, 1.82) is 0 Å². The molecule has 2 nitrogen and oxygen atoms in total. The van der Waals surface area contributed by atoms with Crippen molar-refractivity contribution in [2.45, 2.75) is 25.9 Å². The van der Waals surface area contributed by atoms with Crippen molar-refractivity contribution in [2.24, 2.45) is 0 Å². The quantitative estimate of drug-likeness (QED) is 0.643. The fourth-order valence-corrected chi connectivity index (χ4v) is 1.78. The van der Waals surface area contributed by atoms with E-state index in [4.69, 9.17) is 4.74 Å². The lowest BCUT2D eigenvalue weighted by atomic mass is 10.1. The molecule has 0 bridgehead atoms. The van der Waals surface area contributed by atoms with E-state index in [2.05, 4.69) is 15.9 Å². The van der Waals surface area contributed by atoms with E-state index >= 15 is 0 Å². The van der Waals surface area contributed by atoms with Crippen LogP contribution in [0.3, 0.4) is 0 Å². The van der Waals surface area contributed by atoms with Crippen LogP contribution in [0.4, 0.5) is 8.78 Å². The van der Waals surface area contributed by atoms with Gasteiger partial charge in [-0.1, -0.05) is 6.92 Å². The Morgan fingerprint density at radius 3 is 2.71 bits per heavy atom. The molecule has 0 radical (unpaired) electrons. The van der Waals surface area contributed by atoms with Crippen molar-refractivity contribution in [3.63, 3.8) is 0 Å². The number of rotatable bonds is 6. The molecule has 5 heteroatoms. The summed E-state index contributed by atoms with van der Waals surface area (Å²) >= 11 is 2.96. The summed E-state index contributed by atoms with van der Waals surface area (Å²) in [5, 5.41) is 9.73.